The van der Waals surface area contributed by atoms with Gasteiger partial charge in [-0.1, -0.05) is 12.1 Å². The predicted octanol–water partition coefficient (Wildman–Crippen LogP) is 3.98. The number of hydrogen-bond acceptors (Lipinski definition) is 4. The summed E-state index contributed by atoms with van der Waals surface area (Å²) < 4.78 is 0. The molecule has 0 fully saturated rings. The Morgan fingerprint density at radius 1 is 1.11 bits per heavy atom. The molecule has 0 aliphatic carbocycles. The van der Waals surface area contributed by atoms with Crippen molar-refractivity contribution in [3.63, 3.8) is 0 Å². The molecule has 0 saturated heterocycles. The van der Waals surface area contributed by atoms with Crippen LogP contribution in [0.25, 0.3) is 10.8 Å². The van der Waals surface area contributed by atoms with Crippen LogP contribution in [0.4, 0.5) is 17.1 Å². The van der Waals surface area contributed by atoms with Crippen molar-refractivity contribution in [2.75, 3.05) is 16.8 Å². The first-order valence-corrected chi connectivity index (χ1v) is 8.44. The van der Waals surface area contributed by atoms with E-state index in [1.807, 2.05) is 19.1 Å². The molecule has 3 aromatic rings. The van der Waals surface area contributed by atoms with Crippen molar-refractivity contribution in [3.05, 3.63) is 75.8 Å². The number of rotatable bonds is 4. The van der Waals surface area contributed by atoms with E-state index in [0.717, 1.165) is 16.5 Å². The molecule has 0 unspecified atom stereocenters. The maximum atomic E-state index is 12.6. The third kappa shape index (κ3) is 2.60. The Hall–Kier alpha value is -3.74. The highest BCUT2D eigenvalue weighted by molar-refractivity contribution is 6.27. The van der Waals surface area contributed by atoms with Gasteiger partial charge < -0.3 is 10.2 Å². The maximum Gasteiger partial charge on any atom is 0.269 e. The number of nitro groups is 1. The molecule has 0 radical (unpaired) electrons. The van der Waals surface area contributed by atoms with E-state index in [2.05, 4.69) is 5.32 Å². The zero-order chi connectivity index (χ0) is 19.1. The number of carbonyl (C=O) groups excluding carboxylic acids is 2. The summed E-state index contributed by atoms with van der Waals surface area (Å²) in [7, 11) is 0. The molecule has 1 N–H and O–H groups in total. The lowest BCUT2D eigenvalue weighted by Crippen LogP contribution is -2.25. The molecular weight excluding hydrogens is 346 g/mol. The van der Waals surface area contributed by atoms with E-state index in [-0.39, 0.29) is 17.5 Å². The molecule has 2 amide bonds. The van der Waals surface area contributed by atoms with Crippen LogP contribution in [0.3, 0.4) is 0 Å². The molecule has 0 atom stereocenters. The number of nitrogens with zero attached hydrogens (tertiary/aromatic N) is 2. The van der Waals surface area contributed by atoms with Gasteiger partial charge in [-0.2, -0.15) is 0 Å². The number of benzene rings is 3. The molecule has 134 valence electrons. The van der Waals surface area contributed by atoms with E-state index in [0.29, 0.717) is 23.4 Å². The normalized spacial score (nSPS) is 12.5. The fraction of sp³-hybridized carbons (Fsp3) is 0.100. The van der Waals surface area contributed by atoms with Crippen LogP contribution in [0.2, 0.25) is 0 Å². The molecule has 0 saturated carbocycles. The highest BCUT2D eigenvalue weighted by Crippen LogP contribution is 2.40. The first-order chi connectivity index (χ1) is 13.0. The number of nitro benzene ring substituents is 1. The Kier molecular flexibility index (Phi) is 3.84. The van der Waals surface area contributed by atoms with Gasteiger partial charge in [0, 0.05) is 46.3 Å². The second-order valence-corrected chi connectivity index (χ2v) is 6.17. The maximum absolute atomic E-state index is 12.6. The average molecular weight is 361 g/mol. The Morgan fingerprint density at radius 3 is 2.52 bits per heavy atom. The number of anilines is 2. The van der Waals surface area contributed by atoms with Crippen molar-refractivity contribution in [3.8, 4) is 0 Å². The lowest BCUT2D eigenvalue weighted by atomic mass is 10.0. The van der Waals surface area contributed by atoms with Crippen LogP contribution >= 0.6 is 0 Å². The minimum absolute atomic E-state index is 0.0445. The molecule has 1 heterocycles. The van der Waals surface area contributed by atoms with Crippen LogP contribution in [0, 0.1) is 10.1 Å². The van der Waals surface area contributed by atoms with Crippen LogP contribution in [0.15, 0.2) is 54.6 Å². The zero-order valence-corrected chi connectivity index (χ0v) is 14.4. The summed E-state index contributed by atoms with van der Waals surface area (Å²) in [6, 6.07) is 14.4. The molecule has 7 heteroatoms. The first kappa shape index (κ1) is 16.7. The van der Waals surface area contributed by atoms with E-state index in [1.54, 1.807) is 23.1 Å². The Bertz CT molecular complexity index is 1110. The quantitative estimate of drug-likeness (QED) is 0.562. The summed E-state index contributed by atoms with van der Waals surface area (Å²) in [6.45, 7) is 2.48. The average Bonchev–Trinajstić information content (AvgIpc) is 2.96. The fourth-order valence-electron chi connectivity index (χ4n) is 3.40. The molecule has 1 aliphatic rings. The van der Waals surface area contributed by atoms with Gasteiger partial charge in [0.1, 0.15) is 0 Å². The summed E-state index contributed by atoms with van der Waals surface area (Å²) in [4.78, 5) is 37.0. The van der Waals surface area contributed by atoms with Crippen LogP contribution in [0.5, 0.6) is 0 Å². The lowest BCUT2D eigenvalue weighted by Gasteiger charge is -2.15. The van der Waals surface area contributed by atoms with Gasteiger partial charge in [0.2, 0.25) is 0 Å². The third-order valence-electron chi connectivity index (χ3n) is 4.69. The van der Waals surface area contributed by atoms with Gasteiger partial charge >= 0.3 is 0 Å². The van der Waals surface area contributed by atoms with Gasteiger partial charge in [0.25, 0.3) is 17.5 Å². The van der Waals surface area contributed by atoms with Crippen molar-refractivity contribution in [1.82, 2.24) is 0 Å². The molecule has 1 aliphatic heterocycles. The molecule has 0 spiro atoms. The van der Waals surface area contributed by atoms with Gasteiger partial charge in [0.15, 0.2) is 0 Å². The molecule has 27 heavy (non-hydrogen) atoms. The van der Waals surface area contributed by atoms with Gasteiger partial charge in [-0.15, -0.1) is 0 Å². The Morgan fingerprint density at radius 2 is 1.85 bits per heavy atom. The van der Waals surface area contributed by atoms with E-state index in [1.165, 1.54) is 24.3 Å². The summed E-state index contributed by atoms with van der Waals surface area (Å²) in [5, 5.41) is 15.2. The van der Waals surface area contributed by atoms with Crippen molar-refractivity contribution in [2.45, 2.75) is 6.92 Å². The minimum Gasteiger partial charge on any atom is -0.321 e. The second-order valence-electron chi connectivity index (χ2n) is 6.17. The van der Waals surface area contributed by atoms with Crippen LogP contribution in [-0.4, -0.2) is 23.3 Å². The molecule has 4 rings (SSSR count). The third-order valence-corrected chi connectivity index (χ3v) is 4.69. The smallest absolute Gasteiger partial charge is 0.269 e. The molecule has 3 aromatic carbocycles. The summed E-state index contributed by atoms with van der Waals surface area (Å²) in [5.41, 5.74) is 2.28. The largest absolute Gasteiger partial charge is 0.321 e. The fourth-order valence-corrected chi connectivity index (χ4v) is 3.40. The van der Waals surface area contributed by atoms with Gasteiger partial charge in [-0.3, -0.25) is 19.7 Å². The van der Waals surface area contributed by atoms with E-state index in [9.17, 15) is 19.7 Å². The Labute approximate surface area is 154 Å². The molecular formula is C20H15N3O4. The number of nitrogens with one attached hydrogen (secondary N) is 1. The minimum atomic E-state index is -0.512. The predicted molar refractivity (Wildman–Crippen MR) is 102 cm³/mol. The standard InChI is InChI=1S/C20H15N3O4/c1-2-22-17-11-10-16(14-4-3-5-15(18(14)17)20(22)25)21-19(24)12-6-8-13(9-7-12)23(26)27/h3-11H,2H2,1H3,(H,21,24). The monoisotopic (exact) mass is 361 g/mol. The molecule has 7 nitrogen and oxygen atoms in total. The van der Waals surface area contributed by atoms with E-state index >= 15 is 0 Å². The lowest BCUT2D eigenvalue weighted by molar-refractivity contribution is -0.384. The van der Waals surface area contributed by atoms with E-state index in [4.69, 9.17) is 0 Å². The van der Waals surface area contributed by atoms with Crippen LogP contribution < -0.4 is 10.2 Å². The topological polar surface area (TPSA) is 92.6 Å². The summed E-state index contributed by atoms with van der Waals surface area (Å²) in [6.07, 6.45) is 0. The number of carbonyl (C=O) groups is 2. The van der Waals surface area contributed by atoms with Gasteiger partial charge in [-0.05, 0) is 37.3 Å². The number of non-ortho nitro benzene ring substituents is 1. The van der Waals surface area contributed by atoms with Crippen molar-refractivity contribution in [1.29, 1.82) is 0 Å². The van der Waals surface area contributed by atoms with E-state index < -0.39 is 4.92 Å². The summed E-state index contributed by atoms with van der Waals surface area (Å²) in [5.74, 6) is -0.417. The van der Waals surface area contributed by atoms with Crippen LogP contribution in [0.1, 0.15) is 27.6 Å². The van der Waals surface area contributed by atoms with Crippen molar-refractivity contribution < 1.29 is 14.5 Å². The van der Waals surface area contributed by atoms with Crippen molar-refractivity contribution in [2.24, 2.45) is 0 Å². The Balaban J connectivity index is 1.72. The molecule has 0 aromatic heterocycles. The first-order valence-electron chi connectivity index (χ1n) is 8.44. The van der Waals surface area contributed by atoms with Gasteiger partial charge in [-0.25, -0.2) is 0 Å². The zero-order valence-electron chi connectivity index (χ0n) is 14.4. The highest BCUT2D eigenvalue weighted by Gasteiger charge is 2.29. The van der Waals surface area contributed by atoms with Crippen LogP contribution in [-0.2, 0) is 0 Å². The van der Waals surface area contributed by atoms with Crippen molar-refractivity contribution >= 4 is 39.6 Å². The SMILES string of the molecule is CCN1C(=O)c2cccc3c(NC(=O)c4ccc([N+](=O)[O-])cc4)ccc1c23. The second kappa shape index (κ2) is 6.21. The summed E-state index contributed by atoms with van der Waals surface area (Å²) >= 11 is 0. The number of amides is 2. The number of hydrogen-bond donors (Lipinski definition) is 1. The van der Waals surface area contributed by atoms with Gasteiger partial charge in [0.05, 0.1) is 10.6 Å². The highest BCUT2D eigenvalue weighted by atomic mass is 16.6. The molecule has 0 bridgehead atoms.